The maximum atomic E-state index is 10.5. The molecule has 2 rings (SSSR count). The lowest BCUT2D eigenvalue weighted by Gasteiger charge is -1.95. The molecule has 0 bridgehead atoms. The van der Waals surface area contributed by atoms with E-state index in [9.17, 15) is 4.39 Å². The number of hydrogen-bond donors (Lipinski definition) is 1. The van der Waals surface area contributed by atoms with Crippen molar-refractivity contribution in [3.05, 3.63) is 35.6 Å². The van der Waals surface area contributed by atoms with Crippen LogP contribution in [0.2, 0.25) is 5.02 Å². The highest BCUT2D eigenvalue weighted by atomic mass is 35.5. The summed E-state index contributed by atoms with van der Waals surface area (Å²) in [5.74, 6) is -1.41. The van der Waals surface area contributed by atoms with Crippen LogP contribution in [0.25, 0.3) is 11.0 Å². The molecule has 0 saturated heterocycles. The van der Waals surface area contributed by atoms with E-state index in [-0.39, 0.29) is 0 Å². The summed E-state index contributed by atoms with van der Waals surface area (Å²) in [4.78, 5) is 17.2. The Balaban J connectivity index is 0.000000221. The van der Waals surface area contributed by atoms with Crippen LogP contribution in [-0.2, 0) is 4.79 Å². The zero-order chi connectivity index (χ0) is 12.0. The normalized spacial score (nSPS) is 9.38. The maximum Gasteiger partial charge on any atom is 0.335 e. The lowest BCUT2D eigenvalue weighted by atomic mass is 10.3. The second-order valence-corrected chi connectivity index (χ2v) is 3.10. The zero-order valence-corrected chi connectivity index (χ0v) is 8.86. The predicted octanol–water partition coefficient (Wildman–Crippen LogP) is 2.32. The first-order chi connectivity index (χ1) is 7.65. The Hall–Kier alpha value is -1.75. The topological polar surface area (TPSA) is 63.1 Å². The fourth-order valence-electron chi connectivity index (χ4n) is 0.957. The first-order valence-corrected chi connectivity index (χ1v) is 4.66. The van der Waals surface area contributed by atoms with Crippen molar-refractivity contribution in [2.45, 2.75) is 0 Å². The monoisotopic (exact) mass is 242 g/mol. The molecule has 0 spiro atoms. The number of rotatable bonds is 1. The first-order valence-electron chi connectivity index (χ1n) is 4.28. The molecule has 0 radical (unpaired) electrons. The number of carboxylic acid groups (broad SMARTS) is 1. The number of hydrogen-bond acceptors (Lipinski definition) is 3. The van der Waals surface area contributed by atoms with Crippen LogP contribution in [0.5, 0.6) is 0 Å². The van der Waals surface area contributed by atoms with Crippen LogP contribution in [-0.4, -0.2) is 27.7 Å². The summed E-state index contributed by atoms with van der Waals surface area (Å²) < 4.78 is 10.5. The van der Waals surface area contributed by atoms with Crippen molar-refractivity contribution in [3.8, 4) is 0 Å². The van der Waals surface area contributed by atoms with Crippen LogP contribution in [0.4, 0.5) is 4.39 Å². The van der Waals surface area contributed by atoms with Crippen LogP contribution >= 0.6 is 11.6 Å². The molecule has 0 aliphatic heterocycles. The fourth-order valence-corrected chi connectivity index (χ4v) is 1.18. The highest BCUT2D eigenvalue weighted by molar-refractivity contribution is 6.34. The first kappa shape index (κ1) is 12.3. The molecule has 1 heterocycles. The van der Waals surface area contributed by atoms with Crippen molar-refractivity contribution in [1.82, 2.24) is 9.97 Å². The fraction of sp³-hybridized carbons (Fsp3) is 0.100. The summed E-state index contributed by atoms with van der Waals surface area (Å²) >= 11 is 5.85. The van der Waals surface area contributed by atoms with E-state index in [0.717, 1.165) is 11.0 Å². The smallest absolute Gasteiger partial charge is 0.335 e. The van der Waals surface area contributed by atoms with Gasteiger partial charge < -0.3 is 5.11 Å². The van der Waals surface area contributed by atoms with Crippen LogP contribution in [0.15, 0.2) is 30.6 Å². The van der Waals surface area contributed by atoms with Crippen LogP contribution in [0.3, 0.4) is 0 Å². The highest BCUT2D eigenvalue weighted by Crippen LogP contribution is 2.17. The van der Waals surface area contributed by atoms with E-state index in [1.807, 2.05) is 12.1 Å². The minimum atomic E-state index is -1.41. The number of aromatic nitrogens is 2. The Morgan fingerprint density at radius 3 is 2.56 bits per heavy atom. The number of aliphatic carboxylic acids is 1. The maximum absolute atomic E-state index is 10.5. The molecule has 0 unspecified atom stereocenters. The molecule has 0 saturated carbocycles. The van der Waals surface area contributed by atoms with Gasteiger partial charge in [0.25, 0.3) is 0 Å². The van der Waals surface area contributed by atoms with Gasteiger partial charge in [-0.15, -0.1) is 0 Å². The Kier molecular flexibility index (Phi) is 4.60. The molecule has 1 aromatic heterocycles. The number of fused-ring (bicyclic) bond motifs is 1. The van der Waals surface area contributed by atoms with Gasteiger partial charge in [0.15, 0.2) is 6.67 Å². The molecule has 1 aromatic carbocycles. The third-order valence-electron chi connectivity index (χ3n) is 1.56. The third kappa shape index (κ3) is 3.43. The lowest BCUT2D eigenvalue weighted by Crippen LogP contribution is -1.93. The molecule has 0 fully saturated rings. The highest BCUT2D eigenvalue weighted by Gasteiger charge is 1.97. The third-order valence-corrected chi connectivity index (χ3v) is 1.87. The van der Waals surface area contributed by atoms with Gasteiger partial charge in [0.05, 0.1) is 10.5 Å². The van der Waals surface area contributed by atoms with Gasteiger partial charge in [-0.3, -0.25) is 9.97 Å². The molecule has 0 atom stereocenters. The predicted molar refractivity (Wildman–Crippen MR) is 58.2 cm³/mol. The van der Waals surface area contributed by atoms with Gasteiger partial charge in [-0.2, -0.15) is 0 Å². The number of halogens is 2. The summed E-state index contributed by atoms with van der Waals surface area (Å²) in [6.07, 6.45) is 3.28. The van der Waals surface area contributed by atoms with Gasteiger partial charge in [-0.05, 0) is 12.1 Å². The van der Waals surface area contributed by atoms with E-state index in [1.165, 1.54) is 0 Å². The summed E-state index contributed by atoms with van der Waals surface area (Å²) in [5, 5.41) is 8.00. The minimum Gasteiger partial charge on any atom is -0.479 e. The average Bonchev–Trinajstić information content (AvgIpc) is 2.30. The molecule has 1 N–H and O–H groups in total. The van der Waals surface area contributed by atoms with Gasteiger partial charge in [-0.25, -0.2) is 9.18 Å². The number of nitrogens with zero attached hydrogens (tertiary/aromatic N) is 2. The Morgan fingerprint density at radius 2 is 2.00 bits per heavy atom. The minimum absolute atomic E-state index is 0.649. The van der Waals surface area contributed by atoms with Gasteiger partial charge in [0.2, 0.25) is 0 Å². The second kappa shape index (κ2) is 5.97. The molecular weight excluding hydrogens is 235 g/mol. The van der Waals surface area contributed by atoms with Gasteiger partial charge in [0.1, 0.15) is 5.52 Å². The summed E-state index contributed by atoms with van der Waals surface area (Å²) in [5.41, 5.74) is 1.59. The molecular formula is C10H8ClFN2O2. The standard InChI is InChI=1S/C8H5ClN2.C2H3FO2/c9-6-2-1-3-7-8(6)11-5-4-10-7;3-1-2(4)5/h1-5H;1H2,(H,4,5). The lowest BCUT2D eigenvalue weighted by molar-refractivity contribution is -0.137. The number of carbonyl (C=O) groups is 1. The quantitative estimate of drug-likeness (QED) is 0.834. The Bertz CT molecular complexity index is 488. The molecule has 0 aliphatic carbocycles. The van der Waals surface area contributed by atoms with Crippen molar-refractivity contribution in [3.63, 3.8) is 0 Å². The molecule has 0 aliphatic rings. The van der Waals surface area contributed by atoms with Crippen molar-refractivity contribution in [1.29, 1.82) is 0 Å². The Labute approximate surface area is 95.7 Å². The molecule has 0 amide bonds. The van der Waals surface area contributed by atoms with Crippen LogP contribution < -0.4 is 0 Å². The van der Waals surface area contributed by atoms with E-state index in [1.54, 1.807) is 18.5 Å². The number of para-hydroxylation sites is 1. The van der Waals surface area contributed by atoms with E-state index in [2.05, 4.69) is 9.97 Å². The van der Waals surface area contributed by atoms with Crippen molar-refractivity contribution in [2.75, 3.05) is 6.67 Å². The molecule has 6 heteroatoms. The van der Waals surface area contributed by atoms with E-state index < -0.39 is 12.6 Å². The largest absolute Gasteiger partial charge is 0.479 e. The van der Waals surface area contributed by atoms with Gasteiger partial charge in [0, 0.05) is 12.4 Å². The van der Waals surface area contributed by atoms with Crippen molar-refractivity contribution >= 4 is 28.6 Å². The van der Waals surface area contributed by atoms with Crippen LogP contribution in [0, 0.1) is 0 Å². The van der Waals surface area contributed by atoms with Crippen LogP contribution in [0.1, 0.15) is 0 Å². The summed E-state index contributed by atoms with van der Waals surface area (Å²) in [6, 6.07) is 5.55. The average molecular weight is 243 g/mol. The van der Waals surface area contributed by atoms with Crippen molar-refractivity contribution in [2.24, 2.45) is 0 Å². The summed E-state index contributed by atoms with van der Waals surface area (Å²) in [6.45, 7) is -1.28. The zero-order valence-electron chi connectivity index (χ0n) is 8.10. The van der Waals surface area contributed by atoms with Gasteiger partial charge >= 0.3 is 5.97 Å². The van der Waals surface area contributed by atoms with E-state index >= 15 is 0 Å². The molecule has 2 aromatic rings. The van der Waals surface area contributed by atoms with E-state index in [4.69, 9.17) is 21.5 Å². The van der Waals surface area contributed by atoms with E-state index in [0.29, 0.717) is 5.02 Å². The molecule has 4 nitrogen and oxygen atoms in total. The molecule has 84 valence electrons. The number of carboxylic acids is 1. The number of alkyl halides is 1. The summed E-state index contributed by atoms with van der Waals surface area (Å²) in [7, 11) is 0. The van der Waals surface area contributed by atoms with Gasteiger partial charge in [-0.1, -0.05) is 17.7 Å². The second-order valence-electron chi connectivity index (χ2n) is 2.69. The Morgan fingerprint density at radius 1 is 1.38 bits per heavy atom. The number of benzene rings is 1. The molecule has 16 heavy (non-hydrogen) atoms. The SMILES string of the molecule is Clc1cccc2nccnc12.O=C(O)CF. The van der Waals surface area contributed by atoms with Crippen molar-refractivity contribution < 1.29 is 14.3 Å².